The first-order chi connectivity index (χ1) is 10.9. The molecule has 0 aliphatic rings. The van der Waals surface area contributed by atoms with Gasteiger partial charge in [-0.2, -0.15) is 0 Å². The van der Waals surface area contributed by atoms with Crippen LogP contribution in [0.3, 0.4) is 0 Å². The Morgan fingerprint density at radius 1 is 1.09 bits per heavy atom. The molecule has 0 amide bonds. The Labute approximate surface area is 135 Å². The van der Waals surface area contributed by atoms with E-state index < -0.39 is 19.2 Å². The molecule has 2 aromatic carbocycles. The van der Waals surface area contributed by atoms with Gasteiger partial charge in [0.15, 0.2) is 0 Å². The highest BCUT2D eigenvalue weighted by atomic mass is 31.2. The zero-order valence-electron chi connectivity index (χ0n) is 13.5. The molecule has 0 heterocycles. The molecule has 0 fully saturated rings. The molecule has 0 aliphatic heterocycles. The predicted octanol–water partition coefficient (Wildman–Crippen LogP) is 4.87. The number of aromatic carboxylic acids is 1. The van der Waals surface area contributed by atoms with Crippen molar-refractivity contribution in [1.82, 2.24) is 0 Å². The first-order valence-electron chi connectivity index (χ1n) is 7.57. The van der Waals surface area contributed by atoms with Crippen molar-refractivity contribution in [2.75, 3.05) is 13.2 Å². The van der Waals surface area contributed by atoms with Crippen molar-refractivity contribution < 1.29 is 23.5 Å². The summed E-state index contributed by atoms with van der Waals surface area (Å²) in [6, 6.07) is 10.5. The third kappa shape index (κ3) is 3.81. The summed E-state index contributed by atoms with van der Waals surface area (Å²) >= 11 is 0. The fourth-order valence-electron chi connectivity index (χ4n) is 2.46. The highest BCUT2D eigenvalue weighted by Crippen LogP contribution is 2.60. The van der Waals surface area contributed by atoms with Crippen molar-refractivity contribution in [2.45, 2.75) is 26.4 Å². The quantitative estimate of drug-likeness (QED) is 0.731. The molecule has 1 atom stereocenters. The Balaban J connectivity index is 2.45. The second-order valence-corrected chi connectivity index (χ2v) is 7.55. The lowest BCUT2D eigenvalue weighted by molar-refractivity contribution is 0.0697. The van der Waals surface area contributed by atoms with Gasteiger partial charge >= 0.3 is 13.6 Å². The van der Waals surface area contributed by atoms with E-state index in [1.54, 1.807) is 39.0 Å². The van der Waals surface area contributed by atoms with E-state index in [0.29, 0.717) is 13.2 Å². The maximum Gasteiger partial charge on any atom is 0.337 e. The van der Waals surface area contributed by atoms with Crippen LogP contribution < -0.4 is 0 Å². The van der Waals surface area contributed by atoms with Gasteiger partial charge in [-0.05, 0) is 49.2 Å². The molecule has 0 bridgehead atoms. The Morgan fingerprint density at radius 2 is 1.70 bits per heavy atom. The predicted molar refractivity (Wildman–Crippen MR) is 90.2 cm³/mol. The topological polar surface area (TPSA) is 72.8 Å². The fraction of sp³-hybridized carbons (Fsp3) is 0.353. The molecule has 1 unspecified atom stereocenters. The average Bonchev–Trinajstić information content (AvgIpc) is 2.53. The molecular weight excluding hydrogens is 315 g/mol. The number of benzene rings is 2. The van der Waals surface area contributed by atoms with E-state index in [4.69, 9.17) is 14.2 Å². The lowest BCUT2D eigenvalue weighted by Crippen LogP contribution is -2.04. The van der Waals surface area contributed by atoms with Gasteiger partial charge in [0.05, 0.1) is 24.4 Å². The Bertz CT molecular complexity index is 746. The summed E-state index contributed by atoms with van der Waals surface area (Å²) in [6.45, 7) is 5.96. The zero-order chi connectivity index (χ0) is 17.0. The van der Waals surface area contributed by atoms with E-state index >= 15 is 0 Å². The smallest absolute Gasteiger partial charge is 0.337 e. The lowest BCUT2D eigenvalue weighted by atomic mass is 10.0. The first kappa shape index (κ1) is 17.7. The molecule has 6 heteroatoms. The van der Waals surface area contributed by atoms with E-state index in [2.05, 4.69) is 0 Å². The van der Waals surface area contributed by atoms with Gasteiger partial charge in [0.25, 0.3) is 0 Å². The van der Waals surface area contributed by atoms with Crippen LogP contribution in [-0.4, -0.2) is 24.3 Å². The SMILES string of the molecule is CCOP(=O)(OCC)C(C)c1ccc2ccc(C(=O)O)cc2c1. The van der Waals surface area contributed by atoms with Crippen molar-refractivity contribution in [3.05, 3.63) is 47.5 Å². The molecule has 2 aromatic rings. The van der Waals surface area contributed by atoms with E-state index in [9.17, 15) is 9.36 Å². The highest BCUT2D eigenvalue weighted by Gasteiger charge is 2.33. The van der Waals surface area contributed by atoms with Gasteiger partial charge in [-0.15, -0.1) is 0 Å². The largest absolute Gasteiger partial charge is 0.478 e. The average molecular weight is 336 g/mol. The summed E-state index contributed by atoms with van der Waals surface area (Å²) in [5, 5.41) is 10.8. The number of hydrogen-bond acceptors (Lipinski definition) is 4. The first-order valence-corrected chi connectivity index (χ1v) is 9.18. The van der Waals surface area contributed by atoms with E-state index in [0.717, 1.165) is 16.3 Å². The molecule has 2 rings (SSSR count). The van der Waals surface area contributed by atoms with E-state index in [-0.39, 0.29) is 5.56 Å². The Kier molecular flexibility index (Phi) is 5.58. The lowest BCUT2D eigenvalue weighted by Gasteiger charge is -2.23. The van der Waals surface area contributed by atoms with Gasteiger partial charge in [-0.25, -0.2) is 4.79 Å². The van der Waals surface area contributed by atoms with Crippen LogP contribution in [0.25, 0.3) is 10.8 Å². The van der Waals surface area contributed by atoms with E-state index in [1.165, 1.54) is 0 Å². The molecule has 0 saturated heterocycles. The summed E-state index contributed by atoms with van der Waals surface area (Å²) in [5.74, 6) is -0.973. The Morgan fingerprint density at radius 3 is 2.26 bits per heavy atom. The number of carboxylic acids is 1. The second kappa shape index (κ2) is 7.26. The van der Waals surface area contributed by atoms with Crippen LogP contribution in [0.5, 0.6) is 0 Å². The molecule has 1 N–H and O–H groups in total. The van der Waals surface area contributed by atoms with Crippen molar-refractivity contribution in [2.24, 2.45) is 0 Å². The zero-order valence-corrected chi connectivity index (χ0v) is 14.4. The monoisotopic (exact) mass is 336 g/mol. The maximum absolute atomic E-state index is 12.9. The van der Waals surface area contributed by atoms with Crippen molar-refractivity contribution in [3.63, 3.8) is 0 Å². The molecular formula is C17H21O5P. The van der Waals surface area contributed by atoms with Crippen molar-refractivity contribution in [3.8, 4) is 0 Å². The van der Waals surface area contributed by atoms with Gasteiger partial charge in [0.1, 0.15) is 0 Å². The third-order valence-electron chi connectivity index (χ3n) is 3.69. The minimum absolute atomic E-state index is 0.222. The van der Waals surface area contributed by atoms with Crippen molar-refractivity contribution in [1.29, 1.82) is 0 Å². The summed E-state index contributed by atoms with van der Waals surface area (Å²) in [6.07, 6.45) is 0. The van der Waals surface area contributed by atoms with Crippen LogP contribution in [0.1, 0.15) is 42.4 Å². The standard InChI is InChI=1S/C17H21O5P/c1-4-21-23(20,22-5-2)12(3)14-8-6-13-7-9-15(17(18)19)11-16(13)10-14/h6-12H,4-5H2,1-3H3,(H,18,19). The van der Waals surface area contributed by atoms with Gasteiger partial charge in [-0.3, -0.25) is 4.57 Å². The number of hydrogen-bond donors (Lipinski definition) is 1. The fourth-order valence-corrected chi connectivity index (χ4v) is 4.23. The second-order valence-electron chi connectivity index (χ2n) is 5.18. The Hall–Kier alpha value is -1.68. The maximum atomic E-state index is 12.9. The van der Waals surface area contributed by atoms with Crippen LogP contribution in [0.2, 0.25) is 0 Å². The third-order valence-corrected chi connectivity index (χ3v) is 6.17. The van der Waals surface area contributed by atoms with Crippen LogP contribution in [0, 0.1) is 0 Å². The van der Waals surface area contributed by atoms with Crippen LogP contribution in [-0.2, 0) is 13.6 Å². The van der Waals surface area contributed by atoms with Gasteiger partial charge in [0.2, 0.25) is 0 Å². The van der Waals surface area contributed by atoms with Crippen molar-refractivity contribution >= 4 is 24.3 Å². The molecule has 0 spiro atoms. The molecule has 0 saturated carbocycles. The van der Waals surface area contributed by atoms with Gasteiger partial charge in [-0.1, -0.05) is 24.3 Å². The molecule has 23 heavy (non-hydrogen) atoms. The molecule has 0 aromatic heterocycles. The molecule has 0 aliphatic carbocycles. The summed E-state index contributed by atoms with van der Waals surface area (Å²) in [7, 11) is -3.26. The number of fused-ring (bicyclic) bond motifs is 1. The highest BCUT2D eigenvalue weighted by molar-refractivity contribution is 7.54. The number of rotatable bonds is 7. The minimum atomic E-state index is -3.26. The normalized spacial score (nSPS) is 13.2. The molecule has 5 nitrogen and oxygen atoms in total. The minimum Gasteiger partial charge on any atom is -0.478 e. The van der Waals surface area contributed by atoms with Gasteiger partial charge in [0, 0.05) is 0 Å². The van der Waals surface area contributed by atoms with E-state index in [1.807, 2.05) is 18.2 Å². The molecule has 0 radical (unpaired) electrons. The summed E-state index contributed by atoms with van der Waals surface area (Å²) in [4.78, 5) is 11.1. The summed E-state index contributed by atoms with van der Waals surface area (Å²) in [5.41, 5.74) is 0.589. The van der Waals surface area contributed by atoms with Crippen LogP contribution >= 0.6 is 7.60 Å². The molecule has 124 valence electrons. The van der Waals surface area contributed by atoms with Gasteiger partial charge < -0.3 is 14.2 Å². The van der Waals surface area contributed by atoms with Crippen LogP contribution in [0.4, 0.5) is 0 Å². The number of carboxylic acid groups (broad SMARTS) is 1. The number of carbonyl (C=O) groups is 1. The summed E-state index contributed by atoms with van der Waals surface area (Å²) < 4.78 is 23.7. The van der Waals surface area contributed by atoms with Crippen LogP contribution in [0.15, 0.2) is 36.4 Å².